The summed E-state index contributed by atoms with van der Waals surface area (Å²) < 4.78 is 10.7. The molecule has 14 heavy (non-hydrogen) atoms. The fraction of sp³-hybridized carbons (Fsp3) is 0.455. The van der Waals surface area contributed by atoms with Gasteiger partial charge < -0.3 is 9.47 Å². The molecular formula is C11H15ClO2. The maximum Gasteiger partial charge on any atom is 0.120 e. The van der Waals surface area contributed by atoms with E-state index in [9.17, 15) is 0 Å². The minimum atomic E-state index is -0.337. The molecule has 0 saturated carbocycles. The first-order chi connectivity index (χ1) is 6.57. The minimum Gasteiger partial charge on any atom is -0.497 e. The van der Waals surface area contributed by atoms with Gasteiger partial charge in [0, 0.05) is 0 Å². The van der Waals surface area contributed by atoms with Crippen molar-refractivity contribution in [2.45, 2.75) is 19.4 Å². The first kappa shape index (κ1) is 11.2. The fourth-order valence-electron chi connectivity index (χ4n) is 0.990. The van der Waals surface area contributed by atoms with Gasteiger partial charge in [-0.3, -0.25) is 0 Å². The van der Waals surface area contributed by atoms with Gasteiger partial charge in [0.15, 0.2) is 0 Å². The van der Waals surface area contributed by atoms with E-state index in [1.807, 2.05) is 38.1 Å². The zero-order valence-electron chi connectivity index (χ0n) is 8.71. The van der Waals surface area contributed by atoms with E-state index in [1.165, 1.54) is 0 Å². The average Bonchev–Trinajstić information content (AvgIpc) is 2.19. The van der Waals surface area contributed by atoms with Crippen molar-refractivity contribution in [2.24, 2.45) is 0 Å². The molecule has 0 aliphatic carbocycles. The van der Waals surface area contributed by atoms with Gasteiger partial charge in [0.2, 0.25) is 0 Å². The highest BCUT2D eigenvalue weighted by molar-refractivity contribution is 6.18. The van der Waals surface area contributed by atoms with Crippen LogP contribution >= 0.6 is 11.6 Å². The molecule has 1 aromatic carbocycles. The lowest BCUT2D eigenvalue weighted by Gasteiger charge is -2.23. The summed E-state index contributed by atoms with van der Waals surface area (Å²) >= 11 is 5.75. The predicted octanol–water partition coefficient (Wildman–Crippen LogP) is 3.09. The minimum absolute atomic E-state index is 0.337. The molecule has 0 amide bonds. The number of hydrogen-bond donors (Lipinski definition) is 0. The lowest BCUT2D eigenvalue weighted by Crippen LogP contribution is -2.29. The molecule has 0 aliphatic heterocycles. The van der Waals surface area contributed by atoms with Gasteiger partial charge in [-0.05, 0) is 38.1 Å². The number of benzene rings is 1. The van der Waals surface area contributed by atoms with Gasteiger partial charge in [-0.15, -0.1) is 11.6 Å². The molecular weight excluding hydrogens is 200 g/mol. The number of rotatable bonds is 4. The van der Waals surface area contributed by atoms with Crippen LogP contribution in [0, 0.1) is 0 Å². The molecule has 0 spiro atoms. The third kappa shape index (κ3) is 3.11. The number of alkyl halides is 1. The summed E-state index contributed by atoms with van der Waals surface area (Å²) in [7, 11) is 1.64. The van der Waals surface area contributed by atoms with Crippen LogP contribution in [0.5, 0.6) is 11.5 Å². The molecule has 0 unspecified atom stereocenters. The largest absolute Gasteiger partial charge is 0.497 e. The van der Waals surface area contributed by atoms with Crippen LogP contribution in [0.2, 0.25) is 0 Å². The van der Waals surface area contributed by atoms with E-state index in [4.69, 9.17) is 21.1 Å². The molecule has 0 N–H and O–H groups in total. The lowest BCUT2D eigenvalue weighted by atomic mass is 10.2. The van der Waals surface area contributed by atoms with E-state index < -0.39 is 0 Å². The second-order valence-electron chi connectivity index (χ2n) is 3.67. The molecule has 78 valence electrons. The van der Waals surface area contributed by atoms with Gasteiger partial charge in [0.1, 0.15) is 17.1 Å². The molecule has 0 radical (unpaired) electrons. The summed E-state index contributed by atoms with van der Waals surface area (Å²) in [5.41, 5.74) is -0.337. The third-order valence-electron chi connectivity index (χ3n) is 1.78. The summed E-state index contributed by atoms with van der Waals surface area (Å²) in [6.45, 7) is 3.90. The van der Waals surface area contributed by atoms with Gasteiger partial charge >= 0.3 is 0 Å². The predicted molar refractivity (Wildman–Crippen MR) is 58.4 cm³/mol. The van der Waals surface area contributed by atoms with E-state index in [2.05, 4.69) is 0 Å². The van der Waals surface area contributed by atoms with Crippen LogP contribution in [-0.2, 0) is 0 Å². The van der Waals surface area contributed by atoms with E-state index in [0.717, 1.165) is 11.5 Å². The topological polar surface area (TPSA) is 18.5 Å². The smallest absolute Gasteiger partial charge is 0.120 e. The molecule has 0 fully saturated rings. The fourth-order valence-corrected chi connectivity index (χ4v) is 1.04. The van der Waals surface area contributed by atoms with Crippen molar-refractivity contribution in [3.63, 3.8) is 0 Å². The molecule has 2 nitrogen and oxygen atoms in total. The van der Waals surface area contributed by atoms with Crippen LogP contribution in [0.25, 0.3) is 0 Å². The Morgan fingerprint density at radius 2 is 1.64 bits per heavy atom. The molecule has 3 heteroatoms. The number of ether oxygens (including phenoxy) is 2. The van der Waals surface area contributed by atoms with E-state index in [-0.39, 0.29) is 5.60 Å². The highest BCUT2D eigenvalue weighted by Gasteiger charge is 2.17. The number of hydrogen-bond acceptors (Lipinski definition) is 2. The summed E-state index contributed by atoms with van der Waals surface area (Å²) in [6.07, 6.45) is 0. The van der Waals surface area contributed by atoms with E-state index in [1.54, 1.807) is 7.11 Å². The van der Waals surface area contributed by atoms with Crippen LogP contribution < -0.4 is 9.47 Å². The van der Waals surface area contributed by atoms with E-state index >= 15 is 0 Å². The highest BCUT2D eigenvalue weighted by atomic mass is 35.5. The van der Waals surface area contributed by atoms with Crippen molar-refractivity contribution in [1.82, 2.24) is 0 Å². The Hall–Kier alpha value is -0.890. The average molecular weight is 215 g/mol. The molecule has 0 saturated heterocycles. The summed E-state index contributed by atoms with van der Waals surface area (Å²) in [4.78, 5) is 0. The highest BCUT2D eigenvalue weighted by Crippen LogP contribution is 2.22. The maximum absolute atomic E-state index is 5.75. The quantitative estimate of drug-likeness (QED) is 0.718. The van der Waals surface area contributed by atoms with Crippen molar-refractivity contribution in [3.05, 3.63) is 24.3 Å². The molecule has 0 atom stereocenters. The molecule has 0 aliphatic rings. The lowest BCUT2D eigenvalue weighted by molar-refractivity contribution is 0.134. The van der Waals surface area contributed by atoms with E-state index in [0.29, 0.717) is 5.88 Å². The molecule has 0 heterocycles. The molecule has 1 rings (SSSR count). The standard InChI is InChI=1S/C11H15ClO2/c1-11(2,8-12)14-10-6-4-9(13-3)5-7-10/h4-7H,8H2,1-3H3. The van der Waals surface area contributed by atoms with Gasteiger partial charge in [0.05, 0.1) is 13.0 Å². The SMILES string of the molecule is COc1ccc(OC(C)(C)CCl)cc1. The van der Waals surface area contributed by atoms with Crippen molar-refractivity contribution in [1.29, 1.82) is 0 Å². The Kier molecular flexibility index (Phi) is 3.64. The summed E-state index contributed by atoms with van der Waals surface area (Å²) in [5.74, 6) is 2.08. The molecule has 0 bridgehead atoms. The van der Waals surface area contributed by atoms with Crippen LogP contribution in [-0.4, -0.2) is 18.6 Å². The summed E-state index contributed by atoms with van der Waals surface area (Å²) in [5, 5.41) is 0. The normalized spacial score (nSPS) is 11.1. The Balaban J connectivity index is 2.69. The Bertz CT molecular complexity index is 280. The number of methoxy groups -OCH3 is 1. The van der Waals surface area contributed by atoms with Crippen molar-refractivity contribution in [2.75, 3.05) is 13.0 Å². The van der Waals surface area contributed by atoms with Crippen LogP contribution in [0.3, 0.4) is 0 Å². The Morgan fingerprint density at radius 3 is 2.07 bits per heavy atom. The molecule has 0 aromatic heterocycles. The number of halogens is 1. The third-order valence-corrected chi connectivity index (χ3v) is 2.42. The van der Waals surface area contributed by atoms with Gasteiger partial charge in [0.25, 0.3) is 0 Å². The van der Waals surface area contributed by atoms with Crippen molar-refractivity contribution >= 4 is 11.6 Å². The first-order valence-corrected chi connectivity index (χ1v) is 5.00. The van der Waals surface area contributed by atoms with Crippen LogP contribution in [0.4, 0.5) is 0 Å². The monoisotopic (exact) mass is 214 g/mol. The van der Waals surface area contributed by atoms with Gasteiger partial charge in [-0.1, -0.05) is 0 Å². The van der Waals surface area contributed by atoms with Crippen LogP contribution in [0.15, 0.2) is 24.3 Å². The van der Waals surface area contributed by atoms with Crippen molar-refractivity contribution in [3.8, 4) is 11.5 Å². The zero-order valence-corrected chi connectivity index (χ0v) is 9.47. The first-order valence-electron chi connectivity index (χ1n) is 4.46. The second kappa shape index (κ2) is 4.56. The Morgan fingerprint density at radius 1 is 1.14 bits per heavy atom. The van der Waals surface area contributed by atoms with Gasteiger partial charge in [-0.2, -0.15) is 0 Å². The zero-order chi connectivity index (χ0) is 10.6. The maximum atomic E-state index is 5.75. The Labute approximate surface area is 89.8 Å². The molecule has 1 aromatic rings. The van der Waals surface area contributed by atoms with Crippen molar-refractivity contribution < 1.29 is 9.47 Å². The summed E-state index contributed by atoms with van der Waals surface area (Å²) in [6, 6.07) is 7.46. The second-order valence-corrected chi connectivity index (χ2v) is 3.94. The van der Waals surface area contributed by atoms with Crippen LogP contribution in [0.1, 0.15) is 13.8 Å². The van der Waals surface area contributed by atoms with Gasteiger partial charge in [-0.25, -0.2) is 0 Å².